The van der Waals surface area contributed by atoms with Crippen molar-refractivity contribution in [1.82, 2.24) is 0 Å². The second-order valence-electron chi connectivity index (χ2n) is 2.83. The minimum atomic E-state index is -4.71. The van der Waals surface area contributed by atoms with E-state index in [2.05, 4.69) is 0 Å². The average Bonchev–Trinajstić information content (AvgIpc) is 2.61. The van der Waals surface area contributed by atoms with Crippen molar-refractivity contribution in [2.75, 3.05) is 6.79 Å². The maximum absolute atomic E-state index is 11.1. The van der Waals surface area contributed by atoms with Crippen LogP contribution in [0.1, 0.15) is 10.4 Å². The molecule has 0 aromatic heterocycles. The van der Waals surface area contributed by atoms with Gasteiger partial charge in [0.1, 0.15) is 0 Å². The van der Waals surface area contributed by atoms with Crippen molar-refractivity contribution in [3.05, 3.63) is 23.8 Å². The summed E-state index contributed by atoms with van der Waals surface area (Å²) in [5, 5.41) is -1.36. The molecule has 1 aliphatic heterocycles. The number of rotatable bonds is 1. The van der Waals surface area contributed by atoms with Crippen LogP contribution < -0.4 is 39.0 Å². The Hall–Kier alpha value is -0.600. The first kappa shape index (κ1) is 13.5. The van der Waals surface area contributed by atoms with E-state index in [1.165, 1.54) is 18.2 Å². The van der Waals surface area contributed by atoms with Crippen molar-refractivity contribution in [1.29, 1.82) is 0 Å². The van der Waals surface area contributed by atoms with E-state index < -0.39 is 15.2 Å². The molecule has 6 nitrogen and oxygen atoms in total. The van der Waals surface area contributed by atoms with Gasteiger partial charge < -0.3 is 9.47 Å². The van der Waals surface area contributed by atoms with Gasteiger partial charge in [-0.2, -0.15) is 8.42 Å². The van der Waals surface area contributed by atoms with Crippen LogP contribution in [0.3, 0.4) is 0 Å². The normalized spacial score (nSPS) is 13.1. The van der Waals surface area contributed by atoms with E-state index >= 15 is 0 Å². The summed E-state index contributed by atoms with van der Waals surface area (Å²) < 4.78 is 39.6. The Morgan fingerprint density at radius 3 is 2.50 bits per heavy atom. The van der Waals surface area contributed by atoms with Gasteiger partial charge in [0.25, 0.3) is 0 Å². The molecule has 16 heavy (non-hydrogen) atoms. The monoisotopic (exact) mass is 253 g/mol. The van der Waals surface area contributed by atoms with Gasteiger partial charge in [-0.15, -0.1) is 0 Å². The van der Waals surface area contributed by atoms with Crippen LogP contribution >= 0.6 is 0 Å². The number of benzene rings is 1. The Labute approximate surface area is 114 Å². The summed E-state index contributed by atoms with van der Waals surface area (Å²) in [6.07, 6.45) is 0. The van der Waals surface area contributed by atoms with Crippen molar-refractivity contribution in [2.45, 2.75) is 0 Å². The molecule has 8 heteroatoms. The predicted molar refractivity (Wildman–Crippen MR) is 48.4 cm³/mol. The van der Waals surface area contributed by atoms with Gasteiger partial charge in [0.15, 0.2) is 11.5 Å². The quantitative estimate of drug-likeness (QED) is 0.437. The first-order valence-electron chi connectivity index (χ1n) is 3.90. The average molecular weight is 253 g/mol. The summed E-state index contributed by atoms with van der Waals surface area (Å²) in [7, 11) is -4.71. The fraction of sp³-hybridized carbons (Fsp3) is 0.125. The second kappa shape index (κ2) is 4.72. The number of carbonyl (C=O) groups is 1. The molecule has 0 amide bonds. The fourth-order valence-corrected chi connectivity index (χ4v) is 1.60. The number of carbonyl (C=O) groups excluding carboxylic acids is 1. The van der Waals surface area contributed by atoms with Crippen LogP contribution in [0.2, 0.25) is 0 Å². The van der Waals surface area contributed by atoms with Crippen LogP contribution in [0, 0.1) is 0 Å². The van der Waals surface area contributed by atoms with Crippen LogP contribution in [0.5, 0.6) is 11.5 Å². The number of hydrogen-bond donors (Lipinski definition) is 1. The number of fused-ring (bicyclic) bond motifs is 1. The molecule has 0 bridgehead atoms. The van der Waals surface area contributed by atoms with Crippen molar-refractivity contribution >= 4 is 15.2 Å². The topological polar surface area (TPSA) is 89.9 Å². The molecule has 0 spiro atoms. The molecule has 1 aromatic carbocycles. The van der Waals surface area contributed by atoms with Crippen LogP contribution in [-0.2, 0) is 10.1 Å². The van der Waals surface area contributed by atoms with Gasteiger partial charge in [-0.25, -0.2) is 0 Å². The second-order valence-corrected chi connectivity index (χ2v) is 4.15. The van der Waals surface area contributed by atoms with Crippen LogP contribution in [0.15, 0.2) is 18.2 Å². The third-order valence-corrected chi connectivity index (χ3v) is 2.55. The Bertz CT molecular complexity index is 523. The van der Waals surface area contributed by atoms with Gasteiger partial charge in [-0.05, 0) is 18.2 Å². The zero-order chi connectivity index (χ0) is 11.1. The van der Waals surface area contributed by atoms with Gasteiger partial charge in [0.05, 0.1) is 0 Å². The minimum absolute atomic E-state index is 0. The Kier molecular flexibility index (Phi) is 3.97. The maximum atomic E-state index is 11.1. The Balaban J connectivity index is 0.00000128. The van der Waals surface area contributed by atoms with Crippen LogP contribution in [-0.4, -0.2) is 24.9 Å². The standard InChI is InChI=1S/C8H6O6S.Na/c9-8(15(10,11)12)5-1-2-6-7(3-5)14-4-13-6;/h1-3H,4H2,(H,10,11,12);/q;+1. The van der Waals surface area contributed by atoms with E-state index in [4.69, 9.17) is 14.0 Å². The molecule has 1 aromatic rings. The van der Waals surface area contributed by atoms with E-state index in [9.17, 15) is 13.2 Å². The molecule has 1 aliphatic rings. The molecule has 0 atom stereocenters. The first-order valence-corrected chi connectivity index (χ1v) is 5.34. The summed E-state index contributed by atoms with van der Waals surface area (Å²) in [5.41, 5.74) is -0.165. The molecule has 80 valence electrons. The first-order chi connectivity index (χ1) is 6.98. The molecule has 0 fully saturated rings. The summed E-state index contributed by atoms with van der Waals surface area (Å²) in [4.78, 5) is 11.1. The van der Waals surface area contributed by atoms with Gasteiger partial charge in [-0.1, -0.05) is 0 Å². The third kappa shape index (κ3) is 2.55. The Morgan fingerprint density at radius 1 is 1.25 bits per heavy atom. The van der Waals surface area contributed by atoms with Gasteiger partial charge in [0, 0.05) is 5.56 Å². The largest absolute Gasteiger partial charge is 1.00 e. The summed E-state index contributed by atoms with van der Waals surface area (Å²) >= 11 is 0. The zero-order valence-corrected chi connectivity index (χ0v) is 11.2. The van der Waals surface area contributed by atoms with Crippen molar-refractivity contribution in [3.63, 3.8) is 0 Å². The summed E-state index contributed by atoms with van der Waals surface area (Å²) in [5.74, 6) is 0.714. The SMILES string of the molecule is O=C(c1ccc2c(c1)OCO2)S(=O)(=O)O.[Na+]. The van der Waals surface area contributed by atoms with E-state index in [1.807, 2.05) is 0 Å². The minimum Gasteiger partial charge on any atom is -0.454 e. The van der Waals surface area contributed by atoms with Crippen LogP contribution in [0.4, 0.5) is 0 Å². The summed E-state index contributed by atoms with van der Waals surface area (Å²) in [6, 6.07) is 3.85. The molecule has 0 radical (unpaired) electrons. The van der Waals surface area contributed by atoms with Gasteiger partial charge >= 0.3 is 44.8 Å². The molecule has 0 unspecified atom stereocenters. The van der Waals surface area contributed by atoms with Crippen molar-refractivity contribution in [2.24, 2.45) is 0 Å². The molecule has 1 heterocycles. The van der Waals surface area contributed by atoms with E-state index in [1.54, 1.807) is 0 Å². The van der Waals surface area contributed by atoms with Gasteiger partial charge in [0.2, 0.25) is 6.79 Å². The predicted octanol–water partition coefficient (Wildman–Crippen LogP) is -2.55. The molecule has 0 saturated carbocycles. The van der Waals surface area contributed by atoms with E-state index in [0.29, 0.717) is 5.75 Å². The zero-order valence-electron chi connectivity index (χ0n) is 8.34. The molecular formula is C8H6NaO6S+. The Morgan fingerprint density at radius 2 is 1.88 bits per heavy atom. The number of ether oxygens (including phenoxy) is 2. The van der Waals surface area contributed by atoms with Gasteiger partial charge in [-0.3, -0.25) is 9.35 Å². The third-order valence-electron chi connectivity index (χ3n) is 1.84. The summed E-state index contributed by atoms with van der Waals surface area (Å²) in [6.45, 7) is 0.0266. The van der Waals surface area contributed by atoms with Crippen molar-refractivity contribution in [3.8, 4) is 11.5 Å². The number of hydrogen-bond acceptors (Lipinski definition) is 5. The maximum Gasteiger partial charge on any atom is 1.00 e. The van der Waals surface area contributed by atoms with E-state index in [0.717, 1.165) is 0 Å². The van der Waals surface area contributed by atoms with Crippen LogP contribution in [0.25, 0.3) is 0 Å². The fourth-order valence-electron chi connectivity index (χ4n) is 1.17. The molecule has 0 saturated heterocycles. The molecule has 2 rings (SSSR count). The molecule has 1 N–H and O–H groups in total. The van der Waals surface area contributed by atoms with Crippen molar-refractivity contribution < 1.29 is 56.8 Å². The molecule has 0 aliphatic carbocycles. The smallest absolute Gasteiger partial charge is 0.454 e. The molecular weight excluding hydrogens is 247 g/mol. The van der Waals surface area contributed by atoms with E-state index in [-0.39, 0.29) is 47.7 Å².